The fourth-order valence-electron chi connectivity index (χ4n) is 1.64. The van der Waals surface area contributed by atoms with Crippen LogP contribution < -0.4 is 5.32 Å². The fraction of sp³-hybridized carbons (Fsp3) is 0.0909. The molecule has 0 bridgehead atoms. The quantitative estimate of drug-likeness (QED) is 0.822. The number of amides is 1. The summed E-state index contributed by atoms with van der Waals surface area (Å²) in [5, 5.41) is 10.5. The van der Waals surface area contributed by atoms with Crippen molar-refractivity contribution >= 4 is 22.7 Å². The molecule has 2 N–H and O–H groups in total. The number of pyridine rings is 1. The molecule has 1 heterocycles. The zero-order valence-electron chi connectivity index (χ0n) is 8.82. The van der Waals surface area contributed by atoms with Gasteiger partial charge in [-0.3, -0.25) is 10.3 Å². The third kappa shape index (κ3) is 2.20. The van der Waals surface area contributed by atoms with Crippen LogP contribution in [-0.2, 0) is 6.18 Å². The summed E-state index contributed by atoms with van der Waals surface area (Å²) < 4.78 is 38.2. The molecule has 1 amide bonds. The Labute approximate surface area is 99.1 Å². The molecule has 2 rings (SSSR count). The standard InChI is InChI=1S/C11H7F3N2O2/c12-11(13,14)7-3-4-8(16-10(17)18)9-6(7)2-1-5-15-9/h1-5,16H,(H,17,18). The van der Waals surface area contributed by atoms with Crippen LogP contribution in [0, 0.1) is 0 Å². The van der Waals surface area contributed by atoms with Crippen LogP contribution in [0.3, 0.4) is 0 Å². The van der Waals surface area contributed by atoms with Gasteiger partial charge in [0.15, 0.2) is 0 Å². The van der Waals surface area contributed by atoms with Crippen molar-refractivity contribution in [2.24, 2.45) is 0 Å². The number of aromatic nitrogens is 1. The van der Waals surface area contributed by atoms with Crippen molar-refractivity contribution in [3.8, 4) is 0 Å². The van der Waals surface area contributed by atoms with E-state index in [0.29, 0.717) is 0 Å². The summed E-state index contributed by atoms with van der Waals surface area (Å²) in [6, 6.07) is 4.49. The lowest BCUT2D eigenvalue weighted by molar-refractivity contribution is -0.136. The van der Waals surface area contributed by atoms with E-state index in [0.717, 1.165) is 12.1 Å². The lowest BCUT2D eigenvalue weighted by atomic mass is 10.1. The van der Waals surface area contributed by atoms with Crippen LogP contribution in [0.5, 0.6) is 0 Å². The Morgan fingerprint density at radius 1 is 1.28 bits per heavy atom. The summed E-state index contributed by atoms with van der Waals surface area (Å²) in [7, 11) is 0. The molecular weight excluding hydrogens is 249 g/mol. The van der Waals surface area contributed by atoms with E-state index in [1.807, 2.05) is 5.32 Å². The summed E-state index contributed by atoms with van der Waals surface area (Å²) >= 11 is 0. The summed E-state index contributed by atoms with van der Waals surface area (Å²) in [6.45, 7) is 0. The highest BCUT2D eigenvalue weighted by molar-refractivity contribution is 5.98. The highest BCUT2D eigenvalue weighted by atomic mass is 19.4. The fourth-order valence-corrected chi connectivity index (χ4v) is 1.64. The van der Waals surface area contributed by atoms with Crippen LogP contribution in [0.1, 0.15) is 5.56 Å². The third-order valence-electron chi connectivity index (χ3n) is 2.32. The van der Waals surface area contributed by atoms with E-state index in [-0.39, 0.29) is 16.6 Å². The second kappa shape index (κ2) is 4.17. The number of nitrogens with one attached hydrogen (secondary N) is 1. The Kier molecular flexibility index (Phi) is 2.82. The predicted octanol–water partition coefficient (Wildman–Crippen LogP) is 3.34. The van der Waals surface area contributed by atoms with Crippen molar-refractivity contribution < 1.29 is 23.1 Å². The number of benzene rings is 1. The van der Waals surface area contributed by atoms with E-state index in [1.165, 1.54) is 18.3 Å². The molecule has 0 spiro atoms. The van der Waals surface area contributed by atoms with Crippen LogP contribution >= 0.6 is 0 Å². The molecule has 0 aliphatic rings. The van der Waals surface area contributed by atoms with E-state index in [9.17, 15) is 18.0 Å². The highest BCUT2D eigenvalue weighted by Gasteiger charge is 2.33. The van der Waals surface area contributed by atoms with Gasteiger partial charge in [0.05, 0.1) is 16.8 Å². The normalized spacial score (nSPS) is 11.5. The van der Waals surface area contributed by atoms with Crippen molar-refractivity contribution in [2.45, 2.75) is 6.18 Å². The minimum atomic E-state index is -4.51. The number of anilines is 1. The first-order chi connectivity index (χ1) is 8.39. The first-order valence-electron chi connectivity index (χ1n) is 4.84. The topological polar surface area (TPSA) is 62.2 Å². The Bertz CT molecular complexity index is 611. The highest BCUT2D eigenvalue weighted by Crippen LogP contribution is 2.36. The summed E-state index contributed by atoms with van der Waals surface area (Å²) in [5.74, 6) is 0. The number of hydrogen-bond donors (Lipinski definition) is 2. The smallest absolute Gasteiger partial charge is 0.417 e. The zero-order chi connectivity index (χ0) is 13.3. The zero-order valence-corrected chi connectivity index (χ0v) is 8.82. The van der Waals surface area contributed by atoms with Crippen LogP contribution in [-0.4, -0.2) is 16.2 Å². The lowest BCUT2D eigenvalue weighted by Gasteiger charge is -2.12. The van der Waals surface area contributed by atoms with E-state index in [4.69, 9.17) is 5.11 Å². The second-order valence-corrected chi connectivity index (χ2v) is 3.49. The number of rotatable bonds is 1. The average molecular weight is 256 g/mol. The second-order valence-electron chi connectivity index (χ2n) is 3.49. The van der Waals surface area contributed by atoms with Crippen LogP contribution in [0.15, 0.2) is 30.5 Å². The maximum atomic E-state index is 12.7. The maximum absolute atomic E-state index is 12.7. The molecule has 4 nitrogen and oxygen atoms in total. The van der Waals surface area contributed by atoms with Gasteiger partial charge >= 0.3 is 12.3 Å². The molecule has 0 saturated carbocycles. The van der Waals surface area contributed by atoms with Crippen LogP contribution in [0.4, 0.5) is 23.7 Å². The SMILES string of the molecule is O=C(O)Nc1ccc(C(F)(F)F)c2cccnc12. The van der Waals surface area contributed by atoms with Gasteiger partial charge in [0, 0.05) is 11.6 Å². The number of halogens is 3. The van der Waals surface area contributed by atoms with Gasteiger partial charge in [-0.1, -0.05) is 6.07 Å². The number of hydrogen-bond acceptors (Lipinski definition) is 2. The first-order valence-corrected chi connectivity index (χ1v) is 4.84. The molecule has 2 aromatic rings. The Hall–Kier alpha value is -2.31. The summed E-state index contributed by atoms with van der Waals surface area (Å²) in [4.78, 5) is 14.3. The number of carbonyl (C=O) groups is 1. The van der Waals surface area contributed by atoms with Crippen LogP contribution in [0.2, 0.25) is 0 Å². The molecule has 0 saturated heterocycles. The molecule has 0 aliphatic carbocycles. The van der Waals surface area contributed by atoms with Gasteiger partial charge in [-0.25, -0.2) is 4.79 Å². The van der Waals surface area contributed by atoms with Gasteiger partial charge in [0.1, 0.15) is 0 Å². The Morgan fingerprint density at radius 3 is 2.61 bits per heavy atom. The third-order valence-corrected chi connectivity index (χ3v) is 2.32. The van der Waals surface area contributed by atoms with E-state index < -0.39 is 17.8 Å². The number of carboxylic acid groups (broad SMARTS) is 1. The lowest BCUT2D eigenvalue weighted by Crippen LogP contribution is -2.10. The van der Waals surface area contributed by atoms with Crippen molar-refractivity contribution in [3.63, 3.8) is 0 Å². The average Bonchev–Trinajstić information content (AvgIpc) is 2.27. The van der Waals surface area contributed by atoms with Crippen molar-refractivity contribution in [1.82, 2.24) is 4.98 Å². The van der Waals surface area contributed by atoms with E-state index >= 15 is 0 Å². The molecule has 94 valence electrons. The summed E-state index contributed by atoms with van der Waals surface area (Å²) in [6.07, 6.45) is -4.57. The number of fused-ring (bicyclic) bond motifs is 1. The Morgan fingerprint density at radius 2 is 2.00 bits per heavy atom. The van der Waals surface area contributed by atoms with Crippen molar-refractivity contribution in [2.75, 3.05) is 5.32 Å². The molecule has 0 radical (unpaired) electrons. The van der Waals surface area contributed by atoms with Gasteiger partial charge in [0.25, 0.3) is 0 Å². The van der Waals surface area contributed by atoms with Gasteiger partial charge in [-0.2, -0.15) is 13.2 Å². The van der Waals surface area contributed by atoms with Gasteiger partial charge < -0.3 is 5.11 Å². The van der Waals surface area contributed by atoms with Gasteiger partial charge in [-0.05, 0) is 18.2 Å². The maximum Gasteiger partial charge on any atom is 0.417 e. The summed E-state index contributed by atoms with van der Waals surface area (Å²) in [5.41, 5.74) is -0.859. The largest absolute Gasteiger partial charge is 0.465 e. The molecule has 7 heteroatoms. The van der Waals surface area contributed by atoms with Crippen molar-refractivity contribution in [3.05, 3.63) is 36.0 Å². The Balaban J connectivity index is 2.70. The predicted molar refractivity (Wildman–Crippen MR) is 58.4 cm³/mol. The molecule has 18 heavy (non-hydrogen) atoms. The molecule has 0 aliphatic heterocycles. The van der Waals surface area contributed by atoms with E-state index in [1.54, 1.807) is 0 Å². The molecule has 1 aromatic heterocycles. The molecule has 0 unspecified atom stereocenters. The molecule has 1 aromatic carbocycles. The number of nitrogens with zero attached hydrogens (tertiary/aromatic N) is 1. The van der Waals surface area contributed by atoms with Crippen molar-refractivity contribution in [1.29, 1.82) is 0 Å². The minimum Gasteiger partial charge on any atom is -0.465 e. The minimum absolute atomic E-state index is 0.0195. The molecule has 0 fully saturated rings. The monoisotopic (exact) mass is 256 g/mol. The van der Waals surface area contributed by atoms with E-state index in [2.05, 4.69) is 4.98 Å². The first kappa shape index (κ1) is 12.2. The number of alkyl halides is 3. The molecule has 0 atom stereocenters. The molecular formula is C11H7F3N2O2. The van der Waals surface area contributed by atoms with Gasteiger partial charge in [-0.15, -0.1) is 0 Å². The van der Waals surface area contributed by atoms with Crippen LogP contribution in [0.25, 0.3) is 10.9 Å². The van der Waals surface area contributed by atoms with Gasteiger partial charge in [0.2, 0.25) is 0 Å².